The summed E-state index contributed by atoms with van der Waals surface area (Å²) in [5.41, 5.74) is 2.12. The number of urea groups is 1. The van der Waals surface area contributed by atoms with Crippen molar-refractivity contribution in [3.63, 3.8) is 0 Å². The van der Waals surface area contributed by atoms with Gasteiger partial charge in [-0.05, 0) is 11.1 Å². The summed E-state index contributed by atoms with van der Waals surface area (Å²) in [6.45, 7) is 9.11. The number of carbonyl (C=O) groups excluding carboxylic acids is 1. The van der Waals surface area contributed by atoms with Crippen LogP contribution in [-0.4, -0.2) is 12.6 Å². The predicted molar refractivity (Wildman–Crippen MR) is 79.9 cm³/mol. The molecule has 0 atom stereocenters. The first-order valence-corrected chi connectivity index (χ1v) is 6.02. The molecule has 0 saturated carbocycles. The Morgan fingerprint density at radius 3 is 1.87 bits per heavy atom. The number of amides is 2. The summed E-state index contributed by atoms with van der Waals surface area (Å²) in [5, 5.41) is 4.90. The van der Waals surface area contributed by atoms with Crippen LogP contribution in [0, 0.1) is 21.4 Å². The number of benzene rings is 1. The summed E-state index contributed by atoms with van der Waals surface area (Å²) >= 11 is 0. The van der Waals surface area contributed by atoms with Crippen molar-refractivity contribution in [1.82, 2.24) is 10.6 Å². The molecule has 0 aliphatic heterocycles. The van der Waals surface area contributed by atoms with Crippen LogP contribution >= 0.6 is 0 Å². The maximum atomic E-state index is 10.9. The molecule has 4 nitrogen and oxygen atoms in total. The quantitative estimate of drug-likeness (QED) is 0.498. The third-order valence-electron chi connectivity index (χ3n) is 2.05. The van der Waals surface area contributed by atoms with E-state index in [1.807, 2.05) is 38.1 Å². The van der Waals surface area contributed by atoms with Crippen LogP contribution in [0.1, 0.15) is 25.0 Å². The Morgan fingerprint density at radius 1 is 1.04 bits per heavy atom. The van der Waals surface area contributed by atoms with E-state index in [0.717, 1.165) is 11.1 Å². The van der Waals surface area contributed by atoms with Gasteiger partial charge in [-0.25, -0.2) is 0 Å². The smallest absolute Gasteiger partial charge is 0.285 e. The first kappa shape index (κ1) is 40.5. The van der Waals surface area contributed by atoms with Crippen LogP contribution in [0.5, 0.6) is 0 Å². The van der Waals surface area contributed by atoms with E-state index in [-0.39, 0.29) is 144 Å². The molecule has 8 heteroatoms. The van der Waals surface area contributed by atoms with Gasteiger partial charge in [0.05, 0.1) is 6.61 Å². The minimum absolute atomic E-state index is 0. The average Bonchev–Trinajstić information content (AvgIpc) is 2.45. The Bertz CT molecular complexity index is 339. The van der Waals surface area contributed by atoms with Crippen molar-refractivity contribution in [2.45, 2.75) is 27.0 Å². The van der Waals surface area contributed by atoms with Gasteiger partial charge >= 0.3 is 0 Å². The molecule has 1 rings (SSSR count). The second kappa shape index (κ2) is 29.6. The van der Waals surface area contributed by atoms with E-state index < -0.39 is 0 Å². The third-order valence-corrected chi connectivity index (χ3v) is 2.05. The molecule has 2 N–H and O–H groups in total. The maximum Gasteiger partial charge on any atom is 0.285 e. The van der Waals surface area contributed by atoms with E-state index in [9.17, 15) is 4.79 Å². The van der Waals surface area contributed by atoms with Crippen molar-refractivity contribution >= 4 is 6.03 Å². The van der Waals surface area contributed by atoms with Gasteiger partial charge in [-0.3, -0.25) is 11.8 Å². The first-order chi connectivity index (χ1) is 8.76. The van der Waals surface area contributed by atoms with Gasteiger partial charge < -0.3 is 29.7 Å². The van der Waals surface area contributed by atoms with E-state index in [4.69, 9.17) is 4.74 Å². The van der Waals surface area contributed by atoms with Crippen molar-refractivity contribution in [3.05, 3.63) is 56.8 Å². The van der Waals surface area contributed by atoms with Gasteiger partial charge in [0.1, 0.15) is 0 Å². The second-order valence-electron chi connectivity index (χ2n) is 3.23. The van der Waals surface area contributed by atoms with E-state index in [1.165, 1.54) is 0 Å². The van der Waals surface area contributed by atoms with Crippen LogP contribution in [0.3, 0.4) is 0 Å². The molecule has 1 aromatic carbocycles. The topological polar surface area (TPSA) is 50.4 Å². The van der Waals surface area contributed by atoms with Gasteiger partial charge in [-0.1, -0.05) is 44.7 Å². The fraction of sp³-hybridized carbons (Fsp3) is 0.333. The summed E-state index contributed by atoms with van der Waals surface area (Å²) in [6.07, 6.45) is 0. The summed E-state index contributed by atoms with van der Waals surface area (Å²) < 4.78 is 5.18. The monoisotopic (exact) mass is 621 g/mol. The third kappa shape index (κ3) is 22.8. The Morgan fingerprint density at radius 2 is 1.48 bits per heavy atom. The molecule has 0 saturated heterocycles. The summed E-state index contributed by atoms with van der Waals surface area (Å²) in [7, 11) is 3.26. The van der Waals surface area contributed by atoms with Crippen molar-refractivity contribution in [2.75, 3.05) is 6.61 Å². The molecule has 1 aromatic rings. The Labute approximate surface area is 243 Å². The second-order valence-corrected chi connectivity index (χ2v) is 3.23. The molecule has 0 aliphatic rings. The zero-order valence-electron chi connectivity index (χ0n) is 14.5. The number of hydrogen-bond donors (Lipinski definition) is 2. The molecule has 23 heavy (non-hydrogen) atoms. The Hall–Kier alpha value is 2.87. The average molecular weight is 621 g/mol. The first-order valence-electron chi connectivity index (χ1n) is 6.02. The van der Waals surface area contributed by atoms with E-state index >= 15 is 0 Å². The molecule has 0 spiro atoms. The van der Waals surface area contributed by atoms with Gasteiger partial charge in [-0.2, -0.15) is 0 Å². The fourth-order valence-corrected chi connectivity index (χ4v) is 1.19. The van der Waals surface area contributed by atoms with Crippen LogP contribution in [0.25, 0.3) is 0 Å². The van der Waals surface area contributed by atoms with E-state index in [1.54, 1.807) is 0 Å². The zero-order chi connectivity index (χ0) is 13.8. The van der Waals surface area contributed by atoms with Crippen molar-refractivity contribution in [1.29, 1.82) is 0 Å². The number of nitrogens with one attached hydrogen (secondary N) is 2. The van der Waals surface area contributed by atoms with Gasteiger partial charge in [-0.15, -0.1) is 0 Å². The van der Waals surface area contributed by atoms with Crippen LogP contribution < -0.4 is 10.6 Å². The fourth-order valence-electron chi connectivity index (χ4n) is 1.19. The Balaban J connectivity index is -0.0000000992. The molecule has 0 unspecified atom stereocenters. The number of hydrogen-bond acceptors (Lipinski definition) is 2. The van der Waals surface area contributed by atoms with E-state index in [0.29, 0.717) is 19.8 Å². The van der Waals surface area contributed by atoms with Crippen LogP contribution in [0.4, 0.5) is 4.79 Å². The normalized spacial score (nSPS) is 7.13. The summed E-state index contributed by atoms with van der Waals surface area (Å²) in [6, 6.07) is 7.55. The number of rotatable bonds is 5. The van der Waals surface area contributed by atoms with Crippen molar-refractivity contribution in [2.24, 2.45) is 0 Å². The summed E-state index contributed by atoms with van der Waals surface area (Å²) in [5.74, 6) is 0. The van der Waals surface area contributed by atoms with Crippen LogP contribution in [-0.2, 0) is 149 Å². The number of ether oxygens (including phenoxy) is 1. The van der Waals surface area contributed by atoms with Crippen molar-refractivity contribution in [3.8, 4) is 0 Å². The minimum Gasteiger partial charge on any atom is -0.490 e. The molecule has 0 aliphatic carbocycles. The molecule has 2 amide bonds. The largest absolute Gasteiger partial charge is 0.490 e. The van der Waals surface area contributed by atoms with Crippen molar-refractivity contribution < 1.29 is 140 Å². The molecular formula is C15H25N2O2Y4-3. The standard InChI is InChI=1S/C12H16N2O2.C2H6.CH3.4Y/c1-3-16-9-11-6-4-10(5-7-11)8-14-12(15)13-2;1-2;;;;;/h4-7H,1-3,8-9H2,(H2,13,14,15);1-2H3;1H3;;;;/q-2;;-1;;;;. The zero-order valence-corrected chi connectivity index (χ0v) is 25.8. The summed E-state index contributed by atoms with van der Waals surface area (Å²) in [4.78, 5) is 10.9. The molecule has 0 fully saturated rings. The minimum atomic E-state index is -0.288. The molecule has 0 aromatic heterocycles. The maximum absolute atomic E-state index is 10.9. The molecule has 0 bridgehead atoms. The molecular weight excluding hydrogens is 596 g/mol. The molecule has 4 radical (unpaired) electrons. The van der Waals surface area contributed by atoms with Gasteiger partial charge in [0, 0.05) is 137 Å². The number of carbonyl (C=O) groups is 1. The Kier molecular flexibility index (Phi) is 52.2. The van der Waals surface area contributed by atoms with Crippen LogP contribution in [0.2, 0.25) is 0 Å². The molecule has 0 heterocycles. The van der Waals surface area contributed by atoms with Crippen LogP contribution in [0.15, 0.2) is 24.3 Å². The van der Waals surface area contributed by atoms with Gasteiger partial charge in [0.25, 0.3) is 6.03 Å². The van der Waals surface area contributed by atoms with E-state index in [2.05, 4.69) is 24.6 Å². The SMILES string of the molecule is CC.[CH2-]COCc1ccc(CNC(=O)N[CH2-])cc1.[CH3-].[Y].[Y].[Y].[Y]. The predicted octanol–water partition coefficient (Wildman–Crippen LogP) is 3.09. The molecule has 122 valence electrons. The van der Waals surface area contributed by atoms with Gasteiger partial charge in [0.2, 0.25) is 0 Å². The van der Waals surface area contributed by atoms with Gasteiger partial charge in [0.15, 0.2) is 0 Å².